The number of rotatable bonds is 4. The minimum absolute atomic E-state index is 0.203. The minimum atomic E-state index is -0.464. The van der Waals surface area contributed by atoms with Crippen LogP contribution in [0.3, 0.4) is 0 Å². The highest BCUT2D eigenvalue weighted by atomic mass is 19.1. The number of nitrogens with one attached hydrogen (secondary N) is 1. The van der Waals surface area contributed by atoms with Gasteiger partial charge in [-0.1, -0.05) is 6.07 Å². The topological polar surface area (TPSA) is 75.1 Å². The molecule has 104 valence electrons. The molecule has 0 saturated carbocycles. The van der Waals surface area contributed by atoms with Crippen LogP contribution >= 0.6 is 0 Å². The van der Waals surface area contributed by atoms with Crippen LogP contribution in [0.2, 0.25) is 0 Å². The summed E-state index contributed by atoms with van der Waals surface area (Å²) in [6.45, 7) is 1.62. The fourth-order valence-electron chi connectivity index (χ4n) is 1.71. The molecule has 6 heteroatoms. The second kappa shape index (κ2) is 6.21. The average molecular weight is 275 g/mol. The van der Waals surface area contributed by atoms with Gasteiger partial charge in [0, 0.05) is 17.8 Å². The Balaban J connectivity index is 2.03. The Bertz CT molecular complexity index is 632. The third-order valence-electron chi connectivity index (χ3n) is 2.77. The Morgan fingerprint density at radius 3 is 2.85 bits per heavy atom. The van der Waals surface area contributed by atoms with Gasteiger partial charge in [0.15, 0.2) is 0 Å². The first-order chi connectivity index (χ1) is 9.60. The third-order valence-corrected chi connectivity index (χ3v) is 2.77. The Kier molecular flexibility index (Phi) is 4.37. The van der Waals surface area contributed by atoms with Gasteiger partial charge < -0.3 is 10.4 Å². The van der Waals surface area contributed by atoms with Crippen LogP contribution in [0.4, 0.5) is 4.39 Å². The molecule has 20 heavy (non-hydrogen) atoms. The summed E-state index contributed by atoms with van der Waals surface area (Å²) < 4.78 is 13.2. The van der Waals surface area contributed by atoms with E-state index in [4.69, 9.17) is 5.11 Å². The molecule has 0 spiro atoms. The van der Waals surface area contributed by atoms with Gasteiger partial charge in [0.1, 0.15) is 17.8 Å². The number of hydrogen-bond acceptors (Lipinski definition) is 4. The molecule has 0 aliphatic rings. The van der Waals surface area contributed by atoms with E-state index in [-0.39, 0.29) is 30.3 Å². The second-order valence-corrected chi connectivity index (χ2v) is 4.31. The van der Waals surface area contributed by atoms with Crippen LogP contribution in [0, 0.1) is 12.7 Å². The zero-order chi connectivity index (χ0) is 14.5. The number of amides is 1. The van der Waals surface area contributed by atoms with Crippen molar-refractivity contribution in [3.63, 3.8) is 0 Å². The first-order valence-electron chi connectivity index (χ1n) is 6.05. The molecular formula is C14H14FN3O2. The summed E-state index contributed by atoms with van der Waals surface area (Å²) in [5.74, 6) is -0.792. The highest BCUT2D eigenvalue weighted by Gasteiger charge is 2.08. The fourth-order valence-corrected chi connectivity index (χ4v) is 1.71. The number of hydrogen-bond donors (Lipinski definition) is 2. The van der Waals surface area contributed by atoms with E-state index in [1.807, 2.05) is 0 Å². The number of benzene rings is 1. The summed E-state index contributed by atoms with van der Waals surface area (Å²) in [6.07, 6.45) is 1.33. The van der Waals surface area contributed by atoms with Crippen molar-refractivity contribution in [1.29, 1.82) is 0 Å². The van der Waals surface area contributed by atoms with E-state index < -0.39 is 5.82 Å². The van der Waals surface area contributed by atoms with E-state index in [1.165, 1.54) is 18.5 Å². The summed E-state index contributed by atoms with van der Waals surface area (Å²) in [7, 11) is 0. The summed E-state index contributed by atoms with van der Waals surface area (Å²) in [5, 5.41) is 11.7. The van der Waals surface area contributed by atoms with Gasteiger partial charge in [-0.05, 0) is 30.7 Å². The van der Waals surface area contributed by atoms with E-state index in [1.54, 1.807) is 19.1 Å². The Morgan fingerprint density at radius 2 is 2.15 bits per heavy atom. The molecule has 0 aliphatic carbocycles. The maximum absolute atomic E-state index is 13.2. The smallest absolute Gasteiger partial charge is 0.270 e. The van der Waals surface area contributed by atoms with Crippen LogP contribution in [0.5, 0.6) is 0 Å². The largest absolute Gasteiger partial charge is 0.392 e. The first kappa shape index (κ1) is 14.1. The summed E-state index contributed by atoms with van der Waals surface area (Å²) in [4.78, 5) is 19.7. The number of aromatic nitrogens is 2. The normalized spacial score (nSPS) is 10.3. The number of carbonyl (C=O) groups excluding carboxylic acids is 1. The number of aryl methyl sites for hydroxylation is 1. The van der Waals surface area contributed by atoms with Crippen LogP contribution in [0.15, 0.2) is 30.6 Å². The molecule has 0 fully saturated rings. The van der Waals surface area contributed by atoms with Crippen molar-refractivity contribution in [2.75, 3.05) is 0 Å². The molecule has 0 saturated heterocycles. The van der Waals surface area contributed by atoms with Gasteiger partial charge in [0.25, 0.3) is 5.91 Å². The standard InChI is InChI=1S/C14H14FN3O2/c1-9-4-13(18-8-17-9)14(20)16-6-10-2-3-12(15)11(5-10)7-19/h2-5,8,19H,6-7H2,1H3,(H,16,20). The molecule has 0 atom stereocenters. The SMILES string of the molecule is Cc1cc(C(=O)NCc2ccc(F)c(CO)c2)ncn1. The minimum Gasteiger partial charge on any atom is -0.392 e. The monoisotopic (exact) mass is 275 g/mol. The van der Waals surface area contributed by atoms with Crippen molar-refractivity contribution >= 4 is 5.91 Å². The summed E-state index contributed by atoms with van der Waals surface area (Å²) >= 11 is 0. The maximum atomic E-state index is 13.2. The van der Waals surface area contributed by atoms with Gasteiger partial charge in [-0.15, -0.1) is 0 Å². The molecule has 2 rings (SSSR count). The summed E-state index contributed by atoms with van der Waals surface area (Å²) in [5.41, 5.74) is 1.89. The van der Waals surface area contributed by atoms with Gasteiger partial charge in [-0.25, -0.2) is 14.4 Å². The van der Waals surface area contributed by atoms with Crippen molar-refractivity contribution < 1.29 is 14.3 Å². The van der Waals surface area contributed by atoms with Gasteiger partial charge in [0.05, 0.1) is 6.61 Å². The van der Waals surface area contributed by atoms with Gasteiger partial charge in [-0.3, -0.25) is 4.79 Å². The van der Waals surface area contributed by atoms with Gasteiger partial charge >= 0.3 is 0 Å². The molecule has 0 radical (unpaired) electrons. The highest BCUT2D eigenvalue weighted by molar-refractivity contribution is 5.92. The van der Waals surface area contributed by atoms with Crippen LogP contribution < -0.4 is 5.32 Å². The van der Waals surface area contributed by atoms with Crippen LogP contribution in [-0.2, 0) is 13.2 Å². The number of nitrogens with zero attached hydrogens (tertiary/aromatic N) is 2. The fraction of sp³-hybridized carbons (Fsp3) is 0.214. The van der Waals surface area contributed by atoms with Crippen LogP contribution in [-0.4, -0.2) is 21.0 Å². The number of carbonyl (C=O) groups is 1. The quantitative estimate of drug-likeness (QED) is 0.883. The predicted molar refractivity (Wildman–Crippen MR) is 70.3 cm³/mol. The molecule has 5 nitrogen and oxygen atoms in total. The highest BCUT2D eigenvalue weighted by Crippen LogP contribution is 2.10. The number of halogens is 1. The molecule has 2 N–H and O–H groups in total. The molecule has 0 aliphatic heterocycles. The predicted octanol–water partition coefficient (Wildman–Crippen LogP) is 1.35. The molecule has 1 aromatic carbocycles. The second-order valence-electron chi connectivity index (χ2n) is 4.31. The van der Waals surface area contributed by atoms with Crippen LogP contribution in [0.1, 0.15) is 27.3 Å². The molecule has 1 amide bonds. The van der Waals surface area contributed by atoms with E-state index in [0.29, 0.717) is 11.3 Å². The Hall–Kier alpha value is -2.34. The average Bonchev–Trinajstić information content (AvgIpc) is 2.46. The Labute approximate surface area is 115 Å². The van der Waals surface area contributed by atoms with E-state index in [0.717, 1.165) is 0 Å². The molecular weight excluding hydrogens is 261 g/mol. The molecule has 1 aromatic heterocycles. The number of aliphatic hydroxyl groups is 1. The molecule has 1 heterocycles. The molecule has 0 bridgehead atoms. The van der Waals surface area contributed by atoms with Crippen LogP contribution in [0.25, 0.3) is 0 Å². The Morgan fingerprint density at radius 1 is 1.35 bits per heavy atom. The van der Waals surface area contributed by atoms with E-state index >= 15 is 0 Å². The van der Waals surface area contributed by atoms with Crippen molar-refractivity contribution in [1.82, 2.24) is 15.3 Å². The number of aliphatic hydroxyl groups excluding tert-OH is 1. The molecule has 0 unspecified atom stereocenters. The van der Waals surface area contributed by atoms with Crippen molar-refractivity contribution in [3.8, 4) is 0 Å². The lowest BCUT2D eigenvalue weighted by atomic mass is 10.1. The van der Waals surface area contributed by atoms with Crippen molar-refractivity contribution in [2.24, 2.45) is 0 Å². The third kappa shape index (κ3) is 3.36. The summed E-state index contributed by atoms with van der Waals surface area (Å²) in [6, 6.07) is 5.92. The zero-order valence-corrected chi connectivity index (χ0v) is 10.9. The van der Waals surface area contributed by atoms with E-state index in [2.05, 4.69) is 15.3 Å². The lowest BCUT2D eigenvalue weighted by Crippen LogP contribution is -2.24. The first-order valence-corrected chi connectivity index (χ1v) is 6.05. The molecule has 2 aromatic rings. The zero-order valence-electron chi connectivity index (χ0n) is 10.9. The van der Waals surface area contributed by atoms with Gasteiger partial charge in [-0.2, -0.15) is 0 Å². The lowest BCUT2D eigenvalue weighted by Gasteiger charge is -2.07. The van der Waals surface area contributed by atoms with Gasteiger partial charge in [0.2, 0.25) is 0 Å². The maximum Gasteiger partial charge on any atom is 0.270 e. The van der Waals surface area contributed by atoms with Crippen molar-refractivity contribution in [3.05, 3.63) is 58.9 Å². The lowest BCUT2D eigenvalue weighted by molar-refractivity contribution is 0.0945. The van der Waals surface area contributed by atoms with Crippen molar-refractivity contribution in [2.45, 2.75) is 20.1 Å². The van der Waals surface area contributed by atoms with E-state index in [9.17, 15) is 9.18 Å².